The normalized spacial score (nSPS) is 13.9. The summed E-state index contributed by atoms with van der Waals surface area (Å²) in [5, 5.41) is 3.76. The largest absolute Gasteiger partial charge is 0.309 e. The molecule has 0 aliphatic heterocycles. The summed E-state index contributed by atoms with van der Waals surface area (Å²) >= 11 is 0. The SMILES string of the molecule is CCCNC(c1cccc(C)c1)C(CC)c1ccccc1. The van der Waals surface area contributed by atoms with E-state index in [-0.39, 0.29) is 0 Å². The van der Waals surface area contributed by atoms with Gasteiger partial charge in [0.2, 0.25) is 0 Å². The van der Waals surface area contributed by atoms with Crippen LogP contribution < -0.4 is 5.32 Å². The van der Waals surface area contributed by atoms with Crippen LogP contribution in [0.1, 0.15) is 55.3 Å². The second kappa shape index (κ2) is 7.99. The van der Waals surface area contributed by atoms with E-state index in [9.17, 15) is 0 Å². The Bertz CT molecular complexity index is 533. The molecule has 0 aliphatic rings. The first kappa shape index (κ1) is 15.8. The van der Waals surface area contributed by atoms with Gasteiger partial charge >= 0.3 is 0 Å². The van der Waals surface area contributed by atoms with Crippen molar-refractivity contribution in [3.63, 3.8) is 0 Å². The fraction of sp³-hybridized carbons (Fsp3) is 0.400. The maximum Gasteiger partial charge on any atom is 0.0389 e. The Morgan fingerprint density at radius 1 is 0.905 bits per heavy atom. The van der Waals surface area contributed by atoms with E-state index in [4.69, 9.17) is 0 Å². The third-order valence-electron chi connectivity index (χ3n) is 4.09. The Kier molecular flexibility index (Phi) is 6.01. The van der Waals surface area contributed by atoms with Crippen molar-refractivity contribution < 1.29 is 0 Å². The standard InChI is InChI=1S/C20H27N/c1-4-14-21-20(18-13-9-10-16(3)15-18)19(5-2)17-11-7-6-8-12-17/h6-13,15,19-21H,4-5,14H2,1-3H3. The molecule has 1 nitrogen and oxygen atoms in total. The highest BCUT2D eigenvalue weighted by molar-refractivity contribution is 5.30. The van der Waals surface area contributed by atoms with E-state index >= 15 is 0 Å². The van der Waals surface area contributed by atoms with Gasteiger partial charge in [-0.3, -0.25) is 0 Å². The first-order valence-corrected chi connectivity index (χ1v) is 8.11. The van der Waals surface area contributed by atoms with Crippen LogP contribution in [0.15, 0.2) is 54.6 Å². The van der Waals surface area contributed by atoms with E-state index in [1.54, 1.807) is 0 Å². The van der Waals surface area contributed by atoms with Crippen molar-refractivity contribution in [2.24, 2.45) is 0 Å². The van der Waals surface area contributed by atoms with Crippen molar-refractivity contribution in [3.05, 3.63) is 71.3 Å². The molecule has 0 radical (unpaired) electrons. The van der Waals surface area contributed by atoms with Gasteiger partial charge in [-0.15, -0.1) is 0 Å². The van der Waals surface area contributed by atoms with Crippen molar-refractivity contribution in [1.82, 2.24) is 5.32 Å². The smallest absolute Gasteiger partial charge is 0.0389 e. The summed E-state index contributed by atoms with van der Waals surface area (Å²) < 4.78 is 0. The van der Waals surface area contributed by atoms with Crippen LogP contribution in [0.5, 0.6) is 0 Å². The fourth-order valence-corrected chi connectivity index (χ4v) is 3.02. The Labute approximate surface area is 129 Å². The van der Waals surface area contributed by atoms with Crippen LogP contribution in [0.4, 0.5) is 0 Å². The van der Waals surface area contributed by atoms with Gasteiger partial charge in [-0.05, 0) is 37.4 Å². The summed E-state index contributed by atoms with van der Waals surface area (Å²) in [6, 6.07) is 20.2. The summed E-state index contributed by atoms with van der Waals surface area (Å²) in [5.41, 5.74) is 4.16. The Balaban J connectivity index is 2.33. The van der Waals surface area contributed by atoms with E-state index in [1.165, 1.54) is 16.7 Å². The van der Waals surface area contributed by atoms with Gasteiger partial charge in [0, 0.05) is 12.0 Å². The lowest BCUT2D eigenvalue weighted by Gasteiger charge is -2.28. The summed E-state index contributed by atoms with van der Waals surface area (Å²) in [6.45, 7) is 7.74. The minimum Gasteiger partial charge on any atom is -0.309 e. The van der Waals surface area contributed by atoms with Crippen molar-refractivity contribution >= 4 is 0 Å². The zero-order valence-corrected chi connectivity index (χ0v) is 13.5. The summed E-state index contributed by atoms with van der Waals surface area (Å²) in [4.78, 5) is 0. The topological polar surface area (TPSA) is 12.0 Å². The molecule has 0 saturated heterocycles. The number of hydrogen-bond donors (Lipinski definition) is 1. The predicted molar refractivity (Wildman–Crippen MR) is 91.7 cm³/mol. The van der Waals surface area contributed by atoms with Gasteiger partial charge in [0.05, 0.1) is 0 Å². The minimum absolute atomic E-state index is 0.386. The molecular formula is C20H27N. The lowest BCUT2D eigenvalue weighted by Crippen LogP contribution is -2.27. The lowest BCUT2D eigenvalue weighted by atomic mass is 9.84. The van der Waals surface area contributed by atoms with Crippen LogP contribution in [0.2, 0.25) is 0 Å². The molecule has 0 fully saturated rings. The van der Waals surface area contributed by atoms with Gasteiger partial charge in [0.25, 0.3) is 0 Å². The van der Waals surface area contributed by atoms with Gasteiger partial charge in [0.1, 0.15) is 0 Å². The molecular weight excluding hydrogens is 254 g/mol. The Hall–Kier alpha value is -1.60. The summed E-state index contributed by atoms with van der Waals surface area (Å²) in [5.74, 6) is 0.513. The van der Waals surface area contributed by atoms with Gasteiger partial charge in [-0.25, -0.2) is 0 Å². The first-order chi connectivity index (χ1) is 10.3. The van der Waals surface area contributed by atoms with Gasteiger partial charge in [-0.2, -0.15) is 0 Å². The van der Waals surface area contributed by atoms with Gasteiger partial charge < -0.3 is 5.32 Å². The van der Waals surface area contributed by atoms with E-state index < -0.39 is 0 Å². The highest BCUT2D eigenvalue weighted by atomic mass is 14.9. The number of aryl methyl sites for hydroxylation is 1. The van der Waals surface area contributed by atoms with Crippen LogP contribution in [0.25, 0.3) is 0 Å². The molecule has 0 saturated carbocycles. The molecule has 112 valence electrons. The molecule has 2 aromatic rings. The van der Waals surface area contributed by atoms with Gasteiger partial charge in [0.15, 0.2) is 0 Å². The van der Waals surface area contributed by atoms with Crippen LogP contribution in [-0.4, -0.2) is 6.54 Å². The van der Waals surface area contributed by atoms with Crippen molar-refractivity contribution in [2.75, 3.05) is 6.54 Å². The Morgan fingerprint density at radius 2 is 1.62 bits per heavy atom. The van der Waals surface area contributed by atoms with E-state index in [0.717, 1.165) is 19.4 Å². The third kappa shape index (κ3) is 4.18. The Morgan fingerprint density at radius 3 is 2.24 bits per heavy atom. The van der Waals surface area contributed by atoms with Crippen molar-refractivity contribution in [2.45, 2.75) is 45.6 Å². The molecule has 0 heterocycles. The summed E-state index contributed by atoms with van der Waals surface area (Å²) in [6.07, 6.45) is 2.30. The summed E-state index contributed by atoms with van der Waals surface area (Å²) in [7, 11) is 0. The molecule has 0 bridgehead atoms. The van der Waals surface area contributed by atoms with E-state index in [1.807, 2.05) is 0 Å². The molecule has 0 amide bonds. The average Bonchev–Trinajstić information content (AvgIpc) is 2.52. The molecule has 2 atom stereocenters. The molecule has 0 spiro atoms. The first-order valence-electron chi connectivity index (χ1n) is 8.11. The molecule has 21 heavy (non-hydrogen) atoms. The molecule has 1 N–H and O–H groups in total. The zero-order valence-electron chi connectivity index (χ0n) is 13.5. The number of benzene rings is 2. The van der Waals surface area contributed by atoms with E-state index in [2.05, 4.69) is 80.7 Å². The maximum atomic E-state index is 3.76. The molecule has 2 rings (SSSR count). The molecule has 2 unspecified atom stereocenters. The third-order valence-corrected chi connectivity index (χ3v) is 4.09. The quantitative estimate of drug-likeness (QED) is 0.732. The number of nitrogens with one attached hydrogen (secondary N) is 1. The monoisotopic (exact) mass is 281 g/mol. The van der Waals surface area contributed by atoms with Crippen LogP contribution in [0.3, 0.4) is 0 Å². The highest BCUT2D eigenvalue weighted by Crippen LogP contribution is 2.33. The predicted octanol–water partition coefficient (Wildman–Crippen LogP) is 5.23. The molecule has 1 heteroatoms. The average molecular weight is 281 g/mol. The second-order valence-corrected chi connectivity index (χ2v) is 5.77. The fourth-order valence-electron chi connectivity index (χ4n) is 3.02. The molecule has 0 aromatic heterocycles. The molecule has 2 aromatic carbocycles. The number of hydrogen-bond acceptors (Lipinski definition) is 1. The van der Waals surface area contributed by atoms with Crippen molar-refractivity contribution in [3.8, 4) is 0 Å². The number of rotatable bonds is 7. The maximum absolute atomic E-state index is 3.76. The van der Waals surface area contributed by atoms with Crippen LogP contribution >= 0.6 is 0 Å². The van der Waals surface area contributed by atoms with Crippen molar-refractivity contribution in [1.29, 1.82) is 0 Å². The lowest BCUT2D eigenvalue weighted by molar-refractivity contribution is 0.435. The highest BCUT2D eigenvalue weighted by Gasteiger charge is 2.22. The zero-order chi connectivity index (χ0) is 15.1. The molecule has 0 aliphatic carbocycles. The van der Waals surface area contributed by atoms with Crippen LogP contribution in [0, 0.1) is 6.92 Å². The van der Waals surface area contributed by atoms with E-state index in [0.29, 0.717) is 12.0 Å². The van der Waals surface area contributed by atoms with Crippen LogP contribution in [-0.2, 0) is 0 Å². The second-order valence-electron chi connectivity index (χ2n) is 5.77. The minimum atomic E-state index is 0.386. The van der Waals surface area contributed by atoms with Gasteiger partial charge in [-0.1, -0.05) is 74.0 Å².